The SMILES string of the molecule is C=CCOC(=O)C1=C(C)N(CC)C(=O)N[C@H]1c1cc2c(cc1Br)OCO2. The number of hydrogen-bond acceptors (Lipinski definition) is 5. The molecule has 2 amide bonds. The van der Waals surface area contributed by atoms with Gasteiger partial charge in [0, 0.05) is 16.7 Å². The van der Waals surface area contributed by atoms with Gasteiger partial charge in [-0.25, -0.2) is 9.59 Å². The molecule has 0 saturated carbocycles. The Morgan fingerprint density at radius 2 is 2.15 bits per heavy atom. The summed E-state index contributed by atoms with van der Waals surface area (Å²) in [4.78, 5) is 26.7. The summed E-state index contributed by atoms with van der Waals surface area (Å²) in [5.41, 5.74) is 1.61. The van der Waals surface area contributed by atoms with Crippen LogP contribution in [-0.2, 0) is 9.53 Å². The standard InChI is InChI=1S/C18H19BrN2O5/c1-4-6-24-17(22)15-10(3)21(5-2)18(23)20-16(15)11-7-13-14(8-12(11)19)26-9-25-13/h4,7-8,16H,1,5-6,9H2,2-3H3,(H,20,23)/t16-/m0/s1. The van der Waals surface area contributed by atoms with Gasteiger partial charge >= 0.3 is 12.0 Å². The van der Waals surface area contributed by atoms with E-state index in [9.17, 15) is 9.59 Å². The molecule has 0 unspecified atom stereocenters. The van der Waals surface area contributed by atoms with Gasteiger partial charge in [-0.05, 0) is 31.5 Å². The van der Waals surface area contributed by atoms with Crippen molar-refractivity contribution in [2.24, 2.45) is 0 Å². The van der Waals surface area contributed by atoms with E-state index < -0.39 is 12.0 Å². The predicted octanol–water partition coefficient (Wildman–Crippen LogP) is 3.27. The first kappa shape index (κ1) is 18.3. The van der Waals surface area contributed by atoms with Gasteiger partial charge in [-0.3, -0.25) is 4.90 Å². The Morgan fingerprint density at radius 3 is 2.81 bits per heavy atom. The summed E-state index contributed by atoms with van der Waals surface area (Å²) in [5, 5.41) is 2.88. The minimum atomic E-state index is -0.675. The van der Waals surface area contributed by atoms with Crippen LogP contribution in [0.5, 0.6) is 11.5 Å². The van der Waals surface area contributed by atoms with Gasteiger partial charge in [0.05, 0.1) is 11.6 Å². The molecule has 1 N–H and O–H groups in total. The molecule has 138 valence electrons. The lowest BCUT2D eigenvalue weighted by Crippen LogP contribution is -2.48. The number of allylic oxidation sites excluding steroid dienone is 1. The average Bonchev–Trinajstić information content (AvgIpc) is 3.06. The van der Waals surface area contributed by atoms with Crippen LogP contribution < -0.4 is 14.8 Å². The average molecular weight is 423 g/mol. The molecule has 1 aromatic carbocycles. The van der Waals surface area contributed by atoms with Crippen LogP contribution in [0.4, 0.5) is 4.79 Å². The first-order valence-corrected chi connectivity index (χ1v) is 8.93. The van der Waals surface area contributed by atoms with Crippen LogP contribution in [0.3, 0.4) is 0 Å². The molecule has 1 atom stereocenters. The molecule has 1 aromatic rings. The molecular formula is C18H19BrN2O5. The number of carbonyl (C=O) groups is 2. The van der Waals surface area contributed by atoms with Crippen molar-refractivity contribution in [1.29, 1.82) is 0 Å². The van der Waals surface area contributed by atoms with Gasteiger partial charge in [-0.15, -0.1) is 0 Å². The molecule has 2 heterocycles. The third kappa shape index (κ3) is 3.16. The van der Waals surface area contributed by atoms with Crippen LogP contribution in [0.25, 0.3) is 0 Å². The number of nitrogens with zero attached hydrogens (tertiary/aromatic N) is 1. The van der Waals surface area contributed by atoms with E-state index >= 15 is 0 Å². The molecule has 2 aliphatic heterocycles. The van der Waals surface area contributed by atoms with Gasteiger partial charge in [0.2, 0.25) is 6.79 Å². The zero-order valence-corrected chi connectivity index (χ0v) is 16.1. The molecule has 0 aliphatic carbocycles. The minimum Gasteiger partial charge on any atom is -0.458 e. The van der Waals surface area contributed by atoms with Gasteiger partial charge in [0.1, 0.15) is 6.61 Å². The number of benzene rings is 1. The summed E-state index contributed by atoms with van der Waals surface area (Å²) in [6, 6.07) is 2.57. The molecule has 26 heavy (non-hydrogen) atoms. The van der Waals surface area contributed by atoms with Crippen molar-refractivity contribution in [2.75, 3.05) is 19.9 Å². The monoisotopic (exact) mass is 422 g/mol. The van der Waals surface area contributed by atoms with E-state index in [4.69, 9.17) is 14.2 Å². The number of amides is 2. The van der Waals surface area contributed by atoms with E-state index in [2.05, 4.69) is 27.8 Å². The summed E-state index contributed by atoms with van der Waals surface area (Å²) in [5.74, 6) is 0.664. The highest BCUT2D eigenvalue weighted by Crippen LogP contribution is 2.42. The number of rotatable bonds is 5. The lowest BCUT2D eigenvalue weighted by atomic mass is 9.94. The summed E-state index contributed by atoms with van der Waals surface area (Å²) >= 11 is 3.50. The summed E-state index contributed by atoms with van der Waals surface area (Å²) < 4.78 is 16.7. The molecule has 0 saturated heterocycles. The second-order valence-electron chi connectivity index (χ2n) is 5.74. The van der Waals surface area contributed by atoms with Gasteiger partial charge in [0.15, 0.2) is 11.5 Å². The van der Waals surface area contributed by atoms with Crippen molar-refractivity contribution in [3.05, 3.63) is 46.1 Å². The third-order valence-corrected chi connectivity index (χ3v) is 4.95. The number of urea groups is 1. The van der Waals surface area contributed by atoms with Crippen molar-refractivity contribution in [3.8, 4) is 11.5 Å². The Kier molecular flexibility index (Phi) is 5.22. The largest absolute Gasteiger partial charge is 0.458 e. The van der Waals surface area contributed by atoms with E-state index in [1.165, 1.54) is 11.0 Å². The number of fused-ring (bicyclic) bond motifs is 1. The third-order valence-electron chi connectivity index (χ3n) is 4.27. The first-order chi connectivity index (χ1) is 12.5. The van der Waals surface area contributed by atoms with Crippen molar-refractivity contribution in [1.82, 2.24) is 10.2 Å². The van der Waals surface area contributed by atoms with E-state index in [-0.39, 0.29) is 19.4 Å². The topological polar surface area (TPSA) is 77.1 Å². The van der Waals surface area contributed by atoms with E-state index in [0.717, 1.165) is 0 Å². The minimum absolute atomic E-state index is 0.0880. The molecule has 3 rings (SSSR count). The van der Waals surface area contributed by atoms with Crippen molar-refractivity contribution in [2.45, 2.75) is 19.9 Å². The highest BCUT2D eigenvalue weighted by molar-refractivity contribution is 9.10. The van der Waals surface area contributed by atoms with Crippen LogP contribution in [0.15, 0.2) is 40.5 Å². The van der Waals surface area contributed by atoms with Crippen LogP contribution in [0.1, 0.15) is 25.5 Å². The number of esters is 1. The Labute approximate surface area is 159 Å². The predicted molar refractivity (Wildman–Crippen MR) is 97.8 cm³/mol. The maximum Gasteiger partial charge on any atom is 0.338 e. The number of halogens is 1. The maximum absolute atomic E-state index is 12.7. The molecule has 0 bridgehead atoms. The van der Waals surface area contributed by atoms with Crippen LogP contribution in [-0.4, -0.2) is 36.8 Å². The summed E-state index contributed by atoms with van der Waals surface area (Å²) in [7, 11) is 0. The van der Waals surface area contributed by atoms with Gasteiger partial charge in [-0.2, -0.15) is 0 Å². The second-order valence-corrected chi connectivity index (χ2v) is 6.59. The van der Waals surface area contributed by atoms with Crippen molar-refractivity contribution < 1.29 is 23.8 Å². The van der Waals surface area contributed by atoms with Crippen LogP contribution in [0.2, 0.25) is 0 Å². The number of hydrogen-bond donors (Lipinski definition) is 1. The Morgan fingerprint density at radius 1 is 1.46 bits per heavy atom. The summed E-state index contributed by atoms with van der Waals surface area (Å²) in [6.45, 7) is 7.79. The van der Waals surface area contributed by atoms with Gasteiger partial charge in [-0.1, -0.05) is 28.6 Å². The second kappa shape index (κ2) is 7.41. The highest BCUT2D eigenvalue weighted by atomic mass is 79.9. The van der Waals surface area contributed by atoms with E-state index in [0.29, 0.717) is 39.4 Å². The highest BCUT2D eigenvalue weighted by Gasteiger charge is 2.37. The molecule has 0 radical (unpaired) electrons. The van der Waals surface area contributed by atoms with Gasteiger partial charge < -0.3 is 19.5 Å². The Hall–Kier alpha value is -2.48. The molecule has 2 aliphatic rings. The van der Waals surface area contributed by atoms with Crippen LogP contribution in [0, 0.1) is 0 Å². The molecular weight excluding hydrogens is 404 g/mol. The van der Waals surface area contributed by atoms with Crippen molar-refractivity contribution >= 4 is 27.9 Å². The zero-order valence-electron chi connectivity index (χ0n) is 14.5. The van der Waals surface area contributed by atoms with Crippen molar-refractivity contribution in [3.63, 3.8) is 0 Å². The summed E-state index contributed by atoms with van der Waals surface area (Å²) in [6.07, 6.45) is 1.50. The normalized spacial score (nSPS) is 18.7. The molecule has 0 fully saturated rings. The smallest absolute Gasteiger partial charge is 0.338 e. The molecule has 7 nitrogen and oxygen atoms in total. The van der Waals surface area contributed by atoms with E-state index in [1.54, 1.807) is 19.1 Å². The Balaban J connectivity index is 2.09. The lowest BCUT2D eigenvalue weighted by Gasteiger charge is -2.35. The first-order valence-electron chi connectivity index (χ1n) is 8.13. The quantitative estimate of drug-likeness (QED) is 0.581. The van der Waals surface area contributed by atoms with Crippen LogP contribution >= 0.6 is 15.9 Å². The number of nitrogens with one attached hydrogen (secondary N) is 1. The fourth-order valence-corrected chi connectivity index (χ4v) is 3.58. The maximum atomic E-state index is 12.7. The number of ether oxygens (including phenoxy) is 3. The zero-order chi connectivity index (χ0) is 18.8. The molecule has 8 heteroatoms. The fraction of sp³-hybridized carbons (Fsp3) is 0.333. The fourth-order valence-electron chi connectivity index (χ4n) is 3.03. The van der Waals surface area contributed by atoms with E-state index in [1.807, 2.05) is 6.92 Å². The number of carbonyl (C=O) groups excluding carboxylic acids is 2. The Bertz CT molecular complexity index is 805. The molecule has 0 aromatic heterocycles. The molecule has 0 spiro atoms. The lowest BCUT2D eigenvalue weighted by molar-refractivity contribution is -0.138. The van der Waals surface area contributed by atoms with Gasteiger partial charge in [0.25, 0.3) is 0 Å².